The van der Waals surface area contributed by atoms with Crippen LogP contribution < -0.4 is 0 Å². The average molecular weight is 547 g/mol. The van der Waals surface area contributed by atoms with Crippen molar-refractivity contribution >= 4 is 12.6 Å². The van der Waals surface area contributed by atoms with Gasteiger partial charge in [-0.3, -0.25) is 0 Å². The topological polar surface area (TPSA) is 43.4 Å². The fraction of sp³-hybridized carbons (Fsp3) is 0.833. The SMILES string of the molecule is CCCCCCCC/C=C(/CCCCCCCC=O)O/C(=C\CCCCCCCC)CCCCCCCC=O. The molecule has 0 amide bonds. The van der Waals surface area contributed by atoms with E-state index in [1.807, 2.05) is 0 Å². The van der Waals surface area contributed by atoms with E-state index in [4.69, 9.17) is 4.74 Å². The number of allylic oxidation sites excluding steroid dienone is 4. The zero-order valence-corrected chi connectivity index (χ0v) is 26.3. The van der Waals surface area contributed by atoms with Gasteiger partial charge in [-0.15, -0.1) is 0 Å². The molecule has 0 rings (SSSR count). The van der Waals surface area contributed by atoms with Crippen molar-refractivity contribution in [3.63, 3.8) is 0 Å². The summed E-state index contributed by atoms with van der Waals surface area (Å²) >= 11 is 0. The summed E-state index contributed by atoms with van der Waals surface area (Å²) in [7, 11) is 0. The Bertz CT molecular complexity index is 528. The van der Waals surface area contributed by atoms with E-state index < -0.39 is 0 Å². The maximum atomic E-state index is 10.5. The first kappa shape index (κ1) is 37.6. The Kier molecular flexibility index (Phi) is 31.7. The summed E-state index contributed by atoms with van der Waals surface area (Å²) in [5, 5.41) is 0. The summed E-state index contributed by atoms with van der Waals surface area (Å²) in [5.41, 5.74) is 0. The molecule has 3 heteroatoms. The van der Waals surface area contributed by atoms with Crippen LogP contribution in [0.1, 0.15) is 194 Å². The second kappa shape index (κ2) is 32.8. The van der Waals surface area contributed by atoms with E-state index in [1.54, 1.807) is 0 Å². The molecule has 0 aliphatic rings. The molecular weight excluding hydrogens is 480 g/mol. The van der Waals surface area contributed by atoms with E-state index in [-0.39, 0.29) is 0 Å². The zero-order valence-electron chi connectivity index (χ0n) is 26.3. The van der Waals surface area contributed by atoms with Gasteiger partial charge >= 0.3 is 0 Å². The molecule has 39 heavy (non-hydrogen) atoms. The smallest absolute Gasteiger partial charge is 0.119 e. The Hall–Kier alpha value is -1.38. The van der Waals surface area contributed by atoms with Gasteiger partial charge < -0.3 is 14.3 Å². The predicted molar refractivity (Wildman–Crippen MR) is 170 cm³/mol. The number of rotatable bonds is 32. The standard InChI is InChI=1S/C36H66O3/c1-3-5-7-9-11-17-23-29-35(31-25-19-13-15-21-27-33-37)39-36(30-24-18-12-10-8-6-4-2)32-26-20-14-16-22-28-34-38/h29-30,33-34H,3-28,31-32H2,1-2H3/b35-29-,36-30-. The van der Waals surface area contributed by atoms with Gasteiger partial charge in [-0.25, -0.2) is 0 Å². The van der Waals surface area contributed by atoms with Gasteiger partial charge in [0.25, 0.3) is 0 Å². The molecule has 0 radical (unpaired) electrons. The van der Waals surface area contributed by atoms with E-state index in [2.05, 4.69) is 26.0 Å². The first-order valence-corrected chi connectivity index (χ1v) is 17.2. The van der Waals surface area contributed by atoms with Crippen molar-refractivity contribution in [2.24, 2.45) is 0 Å². The van der Waals surface area contributed by atoms with Crippen molar-refractivity contribution in [3.05, 3.63) is 23.7 Å². The van der Waals surface area contributed by atoms with E-state index in [0.717, 1.165) is 63.9 Å². The van der Waals surface area contributed by atoms with E-state index in [0.29, 0.717) is 12.8 Å². The molecule has 3 nitrogen and oxygen atoms in total. The van der Waals surface area contributed by atoms with Crippen LogP contribution in [0.3, 0.4) is 0 Å². The molecule has 0 aliphatic heterocycles. The molecular formula is C36H66O3. The Labute approximate surface area is 244 Å². The fourth-order valence-corrected chi connectivity index (χ4v) is 5.05. The van der Waals surface area contributed by atoms with Gasteiger partial charge in [-0.1, -0.05) is 117 Å². The first-order valence-electron chi connectivity index (χ1n) is 17.2. The lowest BCUT2D eigenvalue weighted by Gasteiger charge is -2.15. The summed E-state index contributed by atoms with van der Waals surface area (Å²) in [6.45, 7) is 4.56. The van der Waals surface area contributed by atoms with Crippen molar-refractivity contribution in [1.82, 2.24) is 0 Å². The van der Waals surface area contributed by atoms with Crippen LogP contribution >= 0.6 is 0 Å². The molecule has 0 aromatic heterocycles. The van der Waals surface area contributed by atoms with Gasteiger partial charge in [0.1, 0.15) is 12.6 Å². The monoisotopic (exact) mass is 547 g/mol. The van der Waals surface area contributed by atoms with Crippen LogP contribution in [0.25, 0.3) is 0 Å². The number of hydrogen-bond donors (Lipinski definition) is 0. The molecule has 0 aliphatic carbocycles. The lowest BCUT2D eigenvalue weighted by Crippen LogP contribution is -1.97. The van der Waals surface area contributed by atoms with E-state index in [1.165, 1.54) is 127 Å². The second-order valence-electron chi connectivity index (χ2n) is 11.5. The Balaban J connectivity index is 4.87. The molecule has 0 saturated heterocycles. The van der Waals surface area contributed by atoms with Crippen molar-refractivity contribution in [3.8, 4) is 0 Å². The molecule has 0 aromatic rings. The summed E-state index contributed by atoms with van der Waals surface area (Å²) in [4.78, 5) is 21.1. The van der Waals surface area contributed by atoms with Gasteiger partial charge in [-0.05, 0) is 63.5 Å². The summed E-state index contributed by atoms with van der Waals surface area (Å²) < 4.78 is 6.66. The maximum Gasteiger partial charge on any atom is 0.119 e. The zero-order chi connectivity index (χ0) is 28.5. The highest BCUT2D eigenvalue weighted by Crippen LogP contribution is 2.23. The Morgan fingerprint density at radius 2 is 0.718 bits per heavy atom. The van der Waals surface area contributed by atoms with Crippen LogP contribution in [0.4, 0.5) is 0 Å². The van der Waals surface area contributed by atoms with Crippen LogP contribution in [0.2, 0.25) is 0 Å². The fourth-order valence-electron chi connectivity index (χ4n) is 5.05. The molecule has 0 atom stereocenters. The molecule has 0 unspecified atom stereocenters. The molecule has 0 saturated carbocycles. The molecule has 0 fully saturated rings. The largest absolute Gasteiger partial charge is 0.467 e. The van der Waals surface area contributed by atoms with Crippen LogP contribution in [0, 0.1) is 0 Å². The highest BCUT2D eigenvalue weighted by atomic mass is 16.5. The minimum atomic E-state index is 0.705. The Morgan fingerprint density at radius 3 is 1.08 bits per heavy atom. The quantitative estimate of drug-likeness (QED) is 0.0478. The van der Waals surface area contributed by atoms with Gasteiger partial charge in [0.15, 0.2) is 0 Å². The van der Waals surface area contributed by atoms with Crippen LogP contribution in [-0.2, 0) is 14.3 Å². The molecule has 0 spiro atoms. The van der Waals surface area contributed by atoms with Gasteiger partial charge in [0.2, 0.25) is 0 Å². The van der Waals surface area contributed by atoms with Crippen molar-refractivity contribution in [2.75, 3.05) is 0 Å². The predicted octanol–water partition coefficient (Wildman–Crippen LogP) is 12.1. The van der Waals surface area contributed by atoms with Gasteiger partial charge in [0.05, 0.1) is 11.5 Å². The van der Waals surface area contributed by atoms with Crippen molar-refractivity contribution in [2.45, 2.75) is 194 Å². The maximum absolute atomic E-state index is 10.5. The average Bonchev–Trinajstić information content (AvgIpc) is 2.94. The minimum Gasteiger partial charge on any atom is -0.467 e. The lowest BCUT2D eigenvalue weighted by atomic mass is 10.1. The summed E-state index contributed by atoms with van der Waals surface area (Å²) in [6, 6.07) is 0. The Morgan fingerprint density at radius 1 is 0.410 bits per heavy atom. The van der Waals surface area contributed by atoms with Crippen molar-refractivity contribution in [1.29, 1.82) is 0 Å². The van der Waals surface area contributed by atoms with Crippen molar-refractivity contribution < 1.29 is 14.3 Å². The highest BCUT2D eigenvalue weighted by molar-refractivity contribution is 5.49. The summed E-state index contributed by atoms with van der Waals surface area (Å²) in [5.74, 6) is 2.38. The van der Waals surface area contributed by atoms with E-state index >= 15 is 0 Å². The first-order chi connectivity index (χ1) is 19.3. The number of hydrogen-bond acceptors (Lipinski definition) is 3. The third-order valence-electron chi connectivity index (χ3n) is 7.61. The van der Waals surface area contributed by atoms with Crippen LogP contribution in [0.5, 0.6) is 0 Å². The van der Waals surface area contributed by atoms with Crippen LogP contribution in [0.15, 0.2) is 23.7 Å². The number of unbranched alkanes of at least 4 members (excludes halogenated alkanes) is 22. The third kappa shape index (κ3) is 29.4. The molecule has 0 bridgehead atoms. The molecule has 0 aromatic carbocycles. The lowest BCUT2D eigenvalue weighted by molar-refractivity contribution is -0.108. The number of aldehydes is 2. The highest BCUT2D eigenvalue weighted by Gasteiger charge is 2.06. The number of carbonyl (C=O) groups excluding carboxylic acids is 2. The second-order valence-corrected chi connectivity index (χ2v) is 11.5. The molecule has 0 N–H and O–H groups in total. The van der Waals surface area contributed by atoms with Gasteiger partial charge in [-0.2, -0.15) is 0 Å². The third-order valence-corrected chi connectivity index (χ3v) is 7.61. The molecule has 0 heterocycles. The van der Waals surface area contributed by atoms with E-state index in [9.17, 15) is 9.59 Å². The van der Waals surface area contributed by atoms with Gasteiger partial charge in [0, 0.05) is 25.7 Å². The summed E-state index contributed by atoms with van der Waals surface area (Å²) in [6.07, 6.45) is 40.1. The number of ether oxygens (including phenoxy) is 1. The number of carbonyl (C=O) groups is 2. The minimum absolute atomic E-state index is 0.705. The van der Waals surface area contributed by atoms with Crippen LogP contribution in [-0.4, -0.2) is 12.6 Å². The normalized spacial score (nSPS) is 12.2. The molecule has 228 valence electrons.